The van der Waals surface area contributed by atoms with E-state index >= 15 is 0 Å². The highest BCUT2D eigenvalue weighted by molar-refractivity contribution is 5.99. The molecule has 7 rings (SSSR count). The fraction of sp³-hybridized carbons (Fsp3) is 0.419. The number of esters is 1. The van der Waals surface area contributed by atoms with Crippen LogP contribution in [0.5, 0.6) is 5.75 Å². The molecule has 1 saturated carbocycles. The Morgan fingerprint density at radius 1 is 0.962 bits per heavy atom. The average Bonchev–Trinajstić information content (AvgIpc) is 3.78. The number of carbonyl (C=O) groups is 3. The zero-order valence-corrected chi connectivity index (χ0v) is 30.7. The van der Waals surface area contributed by atoms with E-state index in [0.29, 0.717) is 50.7 Å². The Balaban J connectivity index is 1.23. The van der Waals surface area contributed by atoms with E-state index in [-0.39, 0.29) is 18.4 Å². The number of hydrogen-bond acceptors (Lipinski definition) is 7. The van der Waals surface area contributed by atoms with Crippen molar-refractivity contribution in [2.45, 2.75) is 70.4 Å². The van der Waals surface area contributed by atoms with Gasteiger partial charge in [0.05, 0.1) is 37.1 Å². The molecule has 0 unspecified atom stereocenters. The molecule has 0 atom stereocenters. The molecule has 278 valence electrons. The van der Waals surface area contributed by atoms with E-state index in [0.717, 1.165) is 96.6 Å². The molecule has 3 heterocycles. The van der Waals surface area contributed by atoms with Crippen molar-refractivity contribution in [3.8, 4) is 17.0 Å². The van der Waals surface area contributed by atoms with Crippen LogP contribution in [0.25, 0.3) is 22.2 Å². The SMILES string of the molecule is C=CCCNC(=O)Cn1c(-c2ccc(OCc3cc(N4CCCC4=O)ccc3N3CCOCC3)cc2)c(C2CCCCC2)c2ccc(C(=O)OC)cc21. The summed E-state index contributed by atoms with van der Waals surface area (Å²) in [5.41, 5.74) is 7.53. The van der Waals surface area contributed by atoms with Gasteiger partial charge < -0.3 is 33.9 Å². The molecule has 53 heavy (non-hydrogen) atoms. The second kappa shape index (κ2) is 16.7. The summed E-state index contributed by atoms with van der Waals surface area (Å²) in [6.07, 6.45) is 9.61. The maximum atomic E-state index is 13.4. The molecule has 2 amide bonds. The number of nitrogens with one attached hydrogen (secondary N) is 1. The predicted octanol–water partition coefficient (Wildman–Crippen LogP) is 7.38. The molecule has 1 N–H and O–H groups in total. The lowest BCUT2D eigenvalue weighted by Crippen LogP contribution is -2.37. The van der Waals surface area contributed by atoms with Gasteiger partial charge in [0, 0.05) is 54.9 Å². The van der Waals surface area contributed by atoms with Crippen molar-refractivity contribution in [2.75, 3.05) is 56.3 Å². The Morgan fingerprint density at radius 3 is 2.47 bits per heavy atom. The number of methoxy groups -OCH3 is 1. The van der Waals surface area contributed by atoms with Crippen molar-refractivity contribution in [3.05, 3.63) is 90.0 Å². The summed E-state index contributed by atoms with van der Waals surface area (Å²) in [7, 11) is 1.38. The van der Waals surface area contributed by atoms with Gasteiger partial charge in [0.15, 0.2) is 0 Å². The minimum atomic E-state index is -0.410. The lowest BCUT2D eigenvalue weighted by atomic mass is 9.81. The fourth-order valence-corrected chi connectivity index (χ4v) is 8.17. The molecule has 0 radical (unpaired) electrons. The lowest BCUT2D eigenvalue weighted by molar-refractivity contribution is -0.121. The molecule has 3 aromatic carbocycles. The van der Waals surface area contributed by atoms with Crippen molar-refractivity contribution in [1.29, 1.82) is 0 Å². The number of morpholine rings is 1. The van der Waals surface area contributed by atoms with Gasteiger partial charge in [0.1, 0.15) is 18.9 Å². The van der Waals surface area contributed by atoms with Crippen LogP contribution in [0.3, 0.4) is 0 Å². The number of anilines is 2. The summed E-state index contributed by atoms with van der Waals surface area (Å²) in [6.45, 7) is 8.43. The number of benzene rings is 3. The Labute approximate surface area is 311 Å². The van der Waals surface area contributed by atoms with Gasteiger partial charge in [-0.25, -0.2) is 4.79 Å². The van der Waals surface area contributed by atoms with E-state index in [9.17, 15) is 14.4 Å². The second-order valence-electron chi connectivity index (χ2n) is 14.2. The summed E-state index contributed by atoms with van der Waals surface area (Å²) in [5, 5.41) is 4.09. The fourth-order valence-electron chi connectivity index (χ4n) is 8.17. The van der Waals surface area contributed by atoms with Crippen LogP contribution in [0.15, 0.2) is 73.3 Å². The number of nitrogens with zero attached hydrogens (tertiary/aromatic N) is 3. The molecular formula is C43H50N4O6. The highest BCUT2D eigenvalue weighted by Crippen LogP contribution is 2.44. The first-order valence-corrected chi connectivity index (χ1v) is 19.1. The number of carbonyl (C=O) groups excluding carboxylic acids is 3. The van der Waals surface area contributed by atoms with Crippen LogP contribution in [-0.2, 0) is 32.2 Å². The quantitative estimate of drug-likeness (QED) is 0.0875. The smallest absolute Gasteiger partial charge is 0.337 e. The monoisotopic (exact) mass is 718 g/mol. The van der Waals surface area contributed by atoms with Gasteiger partial charge in [-0.05, 0) is 97.3 Å². The Kier molecular flexibility index (Phi) is 11.4. The number of rotatable bonds is 13. The summed E-state index contributed by atoms with van der Waals surface area (Å²) in [4.78, 5) is 42.9. The first kappa shape index (κ1) is 36.3. The molecule has 3 fully saturated rings. The van der Waals surface area contributed by atoms with Gasteiger partial charge in [-0.3, -0.25) is 9.59 Å². The first-order chi connectivity index (χ1) is 25.9. The summed E-state index contributed by atoms with van der Waals surface area (Å²) in [5.74, 6) is 0.706. The normalized spacial score (nSPS) is 16.6. The van der Waals surface area contributed by atoms with Gasteiger partial charge in [-0.15, -0.1) is 6.58 Å². The second-order valence-corrected chi connectivity index (χ2v) is 14.2. The van der Waals surface area contributed by atoms with Gasteiger partial charge in [0.2, 0.25) is 11.8 Å². The van der Waals surface area contributed by atoms with Crippen LogP contribution in [0.2, 0.25) is 0 Å². The maximum absolute atomic E-state index is 13.4. The number of fused-ring (bicyclic) bond motifs is 1. The van der Waals surface area contributed by atoms with Crippen LogP contribution in [-0.4, -0.2) is 68.9 Å². The van der Waals surface area contributed by atoms with Crippen LogP contribution < -0.4 is 19.9 Å². The van der Waals surface area contributed by atoms with Crippen LogP contribution >= 0.6 is 0 Å². The van der Waals surface area contributed by atoms with Crippen molar-refractivity contribution in [1.82, 2.24) is 9.88 Å². The zero-order chi connectivity index (χ0) is 36.7. The molecular weight excluding hydrogens is 668 g/mol. The summed E-state index contributed by atoms with van der Waals surface area (Å²) in [6, 6.07) is 20.1. The molecule has 10 nitrogen and oxygen atoms in total. The van der Waals surface area contributed by atoms with E-state index < -0.39 is 5.97 Å². The standard InChI is InChI=1S/C43H50N4O6/c1-3-4-20-44-39(48)28-47-38-27-32(43(50)51-2)14-18-36(38)41(30-9-6-5-7-10-30)42(47)31-12-16-35(17-13-31)53-29-33-26-34(46-21-8-11-40(46)49)15-19-37(33)45-22-24-52-25-23-45/h3,12-19,26-27,30H,1,4-11,20-25,28-29H2,2H3,(H,44,48). The highest BCUT2D eigenvalue weighted by Gasteiger charge is 2.28. The first-order valence-electron chi connectivity index (χ1n) is 19.1. The minimum absolute atomic E-state index is 0.0995. The molecule has 2 aliphatic heterocycles. The van der Waals surface area contributed by atoms with E-state index in [1.54, 1.807) is 6.08 Å². The molecule has 0 bridgehead atoms. The van der Waals surface area contributed by atoms with Gasteiger partial charge >= 0.3 is 5.97 Å². The van der Waals surface area contributed by atoms with Gasteiger partial charge in [-0.1, -0.05) is 31.4 Å². The number of amides is 2. The average molecular weight is 719 g/mol. The summed E-state index contributed by atoms with van der Waals surface area (Å²) >= 11 is 0. The summed E-state index contributed by atoms with van der Waals surface area (Å²) < 4.78 is 19.3. The van der Waals surface area contributed by atoms with Gasteiger partial charge in [0.25, 0.3) is 0 Å². The Hall–Kier alpha value is -5.09. The molecule has 4 aromatic rings. The number of aromatic nitrogens is 1. The molecule has 10 heteroatoms. The predicted molar refractivity (Wildman–Crippen MR) is 208 cm³/mol. The molecule has 1 aliphatic carbocycles. The minimum Gasteiger partial charge on any atom is -0.489 e. The molecule has 3 aliphatic rings. The van der Waals surface area contributed by atoms with Crippen LogP contribution in [0.1, 0.15) is 78.8 Å². The number of ether oxygens (including phenoxy) is 3. The maximum Gasteiger partial charge on any atom is 0.337 e. The zero-order valence-electron chi connectivity index (χ0n) is 30.7. The topological polar surface area (TPSA) is 102 Å². The molecule has 0 spiro atoms. The largest absolute Gasteiger partial charge is 0.489 e. The van der Waals surface area contributed by atoms with Crippen molar-refractivity contribution >= 4 is 40.1 Å². The van der Waals surface area contributed by atoms with E-state index in [2.05, 4.69) is 45.6 Å². The van der Waals surface area contributed by atoms with Crippen molar-refractivity contribution in [2.24, 2.45) is 0 Å². The van der Waals surface area contributed by atoms with E-state index in [1.807, 2.05) is 41.3 Å². The third-order valence-corrected chi connectivity index (χ3v) is 10.8. The third kappa shape index (κ3) is 7.98. The number of hydrogen-bond donors (Lipinski definition) is 1. The van der Waals surface area contributed by atoms with E-state index in [1.165, 1.54) is 19.1 Å². The van der Waals surface area contributed by atoms with Crippen LogP contribution in [0.4, 0.5) is 11.4 Å². The Morgan fingerprint density at radius 2 is 1.75 bits per heavy atom. The van der Waals surface area contributed by atoms with Crippen molar-refractivity contribution in [3.63, 3.8) is 0 Å². The van der Waals surface area contributed by atoms with Crippen LogP contribution in [0, 0.1) is 0 Å². The van der Waals surface area contributed by atoms with Crippen molar-refractivity contribution < 1.29 is 28.6 Å². The lowest BCUT2D eigenvalue weighted by Gasteiger charge is -2.31. The molecule has 1 aromatic heterocycles. The third-order valence-electron chi connectivity index (χ3n) is 10.8. The van der Waals surface area contributed by atoms with Gasteiger partial charge in [-0.2, -0.15) is 0 Å². The van der Waals surface area contributed by atoms with E-state index in [4.69, 9.17) is 14.2 Å². The molecule has 2 saturated heterocycles. The highest BCUT2D eigenvalue weighted by atomic mass is 16.5. The Bertz CT molecular complexity index is 1960.